The van der Waals surface area contributed by atoms with Gasteiger partial charge in [-0.15, -0.1) is 0 Å². The lowest BCUT2D eigenvalue weighted by molar-refractivity contribution is -0.136. The fourth-order valence-electron chi connectivity index (χ4n) is 2.43. The molecule has 0 spiro atoms. The minimum atomic E-state index is -0.757. The number of fused-ring (bicyclic) bond motifs is 1. The number of rotatable bonds is 8. The van der Waals surface area contributed by atoms with Crippen LogP contribution in [0.3, 0.4) is 0 Å². The minimum absolute atomic E-state index is 0.165. The Morgan fingerprint density at radius 2 is 2.10 bits per heavy atom. The topological polar surface area (TPSA) is 51.5 Å². The SMILES string of the molecule is CC(C)COCCn1cc(CCC(=O)O)c2ccccc21. The third-order valence-corrected chi connectivity index (χ3v) is 3.41. The van der Waals surface area contributed by atoms with Crippen LogP contribution in [0.15, 0.2) is 30.5 Å². The van der Waals surface area contributed by atoms with E-state index in [9.17, 15) is 4.79 Å². The van der Waals surface area contributed by atoms with Crippen molar-refractivity contribution in [2.75, 3.05) is 13.2 Å². The second-order valence-electron chi connectivity index (χ2n) is 5.73. The van der Waals surface area contributed by atoms with Gasteiger partial charge in [0.25, 0.3) is 0 Å². The second-order valence-corrected chi connectivity index (χ2v) is 5.73. The molecular formula is C17H23NO3. The molecule has 0 bridgehead atoms. The number of nitrogens with zero attached hydrogens (tertiary/aromatic N) is 1. The number of carboxylic acids is 1. The second kappa shape index (κ2) is 7.27. The Balaban J connectivity index is 2.10. The van der Waals surface area contributed by atoms with E-state index in [-0.39, 0.29) is 6.42 Å². The Labute approximate surface area is 125 Å². The van der Waals surface area contributed by atoms with Crippen molar-refractivity contribution < 1.29 is 14.6 Å². The van der Waals surface area contributed by atoms with Crippen LogP contribution in [0.2, 0.25) is 0 Å². The molecule has 0 radical (unpaired) electrons. The highest BCUT2D eigenvalue weighted by Crippen LogP contribution is 2.22. The highest BCUT2D eigenvalue weighted by Gasteiger charge is 2.09. The van der Waals surface area contributed by atoms with E-state index in [2.05, 4.69) is 36.7 Å². The molecule has 1 N–H and O–H groups in total. The molecule has 4 heteroatoms. The van der Waals surface area contributed by atoms with Crippen LogP contribution < -0.4 is 0 Å². The largest absolute Gasteiger partial charge is 0.481 e. The summed E-state index contributed by atoms with van der Waals surface area (Å²) in [4.78, 5) is 10.8. The average molecular weight is 289 g/mol. The van der Waals surface area contributed by atoms with Crippen molar-refractivity contribution in [1.82, 2.24) is 4.57 Å². The smallest absolute Gasteiger partial charge is 0.303 e. The first kappa shape index (κ1) is 15.6. The summed E-state index contributed by atoms with van der Waals surface area (Å²) in [5.74, 6) is -0.218. The van der Waals surface area contributed by atoms with Gasteiger partial charge in [-0.1, -0.05) is 32.0 Å². The van der Waals surface area contributed by atoms with Crippen LogP contribution in [0.5, 0.6) is 0 Å². The lowest BCUT2D eigenvalue weighted by Gasteiger charge is -2.08. The van der Waals surface area contributed by atoms with E-state index >= 15 is 0 Å². The van der Waals surface area contributed by atoms with Crippen molar-refractivity contribution in [2.24, 2.45) is 5.92 Å². The van der Waals surface area contributed by atoms with Gasteiger partial charge in [-0.2, -0.15) is 0 Å². The van der Waals surface area contributed by atoms with Crippen molar-refractivity contribution in [3.05, 3.63) is 36.0 Å². The molecule has 0 atom stereocenters. The number of aromatic nitrogens is 1. The Morgan fingerprint density at radius 3 is 2.81 bits per heavy atom. The Bertz CT molecular complexity index is 601. The standard InChI is InChI=1S/C17H23NO3/c1-13(2)12-21-10-9-18-11-14(7-8-17(19)20)15-5-3-4-6-16(15)18/h3-6,11,13H,7-10,12H2,1-2H3,(H,19,20). The summed E-state index contributed by atoms with van der Waals surface area (Å²) in [6, 6.07) is 8.13. The van der Waals surface area contributed by atoms with Crippen LogP contribution in [-0.2, 0) is 22.5 Å². The molecule has 1 heterocycles. The lowest BCUT2D eigenvalue weighted by Crippen LogP contribution is -2.08. The highest BCUT2D eigenvalue weighted by molar-refractivity contribution is 5.84. The number of para-hydroxylation sites is 1. The van der Waals surface area contributed by atoms with Crippen molar-refractivity contribution in [3.63, 3.8) is 0 Å². The molecule has 114 valence electrons. The van der Waals surface area contributed by atoms with E-state index < -0.39 is 5.97 Å². The molecule has 0 unspecified atom stereocenters. The predicted molar refractivity (Wildman–Crippen MR) is 83.6 cm³/mol. The van der Waals surface area contributed by atoms with E-state index in [1.807, 2.05) is 12.1 Å². The van der Waals surface area contributed by atoms with Crippen LogP contribution >= 0.6 is 0 Å². The zero-order chi connectivity index (χ0) is 15.2. The summed E-state index contributed by atoms with van der Waals surface area (Å²) in [7, 11) is 0. The number of ether oxygens (including phenoxy) is 1. The van der Waals surface area contributed by atoms with Crippen molar-refractivity contribution in [2.45, 2.75) is 33.2 Å². The van der Waals surface area contributed by atoms with Crippen molar-refractivity contribution in [3.8, 4) is 0 Å². The lowest BCUT2D eigenvalue weighted by atomic mass is 10.1. The molecule has 1 aromatic heterocycles. The van der Waals surface area contributed by atoms with Crippen LogP contribution in [-0.4, -0.2) is 28.9 Å². The number of carbonyl (C=O) groups is 1. The zero-order valence-corrected chi connectivity index (χ0v) is 12.7. The van der Waals surface area contributed by atoms with Gasteiger partial charge in [0.2, 0.25) is 0 Å². The monoisotopic (exact) mass is 289 g/mol. The van der Waals surface area contributed by atoms with Crippen LogP contribution in [0.4, 0.5) is 0 Å². The van der Waals surface area contributed by atoms with Gasteiger partial charge in [0, 0.05) is 36.7 Å². The van der Waals surface area contributed by atoms with Crippen LogP contribution in [0.25, 0.3) is 10.9 Å². The Kier molecular flexibility index (Phi) is 5.39. The minimum Gasteiger partial charge on any atom is -0.481 e. The van der Waals surface area contributed by atoms with Crippen LogP contribution in [0, 0.1) is 5.92 Å². The number of hydrogen-bond acceptors (Lipinski definition) is 2. The zero-order valence-electron chi connectivity index (χ0n) is 12.7. The quantitative estimate of drug-likeness (QED) is 0.758. The molecule has 0 fully saturated rings. The normalized spacial score (nSPS) is 11.4. The van der Waals surface area contributed by atoms with Crippen molar-refractivity contribution in [1.29, 1.82) is 0 Å². The molecule has 2 rings (SSSR count). The summed E-state index contributed by atoms with van der Waals surface area (Å²) in [5, 5.41) is 9.99. The number of hydrogen-bond donors (Lipinski definition) is 1. The van der Waals surface area contributed by atoms with Gasteiger partial charge >= 0.3 is 5.97 Å². The molecule has 4 nitrogen and oxygen atoms in total. The van der Waals surface area contributed by atoms with Gasteiger partial charge in [-0.05, 0) is 24.0 Å². The highest BCUT2D eigenvalue weighted by atomic mass is 16.5. The predicted octanol–water partition coefficient (Wildman–Crippen LogP) is 3.33. The maximum Gasteiger partial charge on any atom is 0.303 e. The van der Waals surface area contributed by atoms with E-state index in [1.54, 1.807) is 0 Å². The molecule has 0 saturated heterocycles. The third kappa shape index (κ3) is 4.33. The van der Waals surface area contributed by atoms with Gasteiger partial charge in [0.15, 0.2) is 0 Å². The summed E-state index contributed by atoms with van der Waals surface area (Å²) in [5.41, 5.74) is 2.24. The average Bonchev–Trinajstić information content (AvgIpc) is 2.80. The first-order chi connectivity index (χ1) is 10.1. The van der Waals surface area contributed by atoms with E-state index in [0.717, 1.165) is 29.6 Å². The first-order valence-electron chi connectivity index (χ1n) is 7.44. The van der Waals surface area contributed by atoms with Gasteiger partial charge in [0.05, 0.1) is 6.61 Å². The molecule has 0 aliphatic rings. The Hall–Kier alpha value is -1.81. The van der Waals surface area contributed by atoms with Gasteiger partial charge in [-0.25, -0.2) is 0 Å². The van der Waals surface area contributed by atoms with E-state index in [1.165, 1.54) is 0 Å². The van der Waals surface area contributed by atoms with Gasteiger partial charge < -0.3 is 14.4 Å². The molecular weight excluding hydrogens is 266 g/mol. The van der Waals surface area contributed by atoms with E-state index in [4.69, 9.17) is 9.84 Å². The summed E-state index contributed by atoms with van der Waals surface area (Å²) in [6.45, 7) is 6.50. The molecule has 0 amide bonds. The van der Waals surface area contributed by atoms with E-state index in [0.29, 0.717) is 18.9 Å². The van der Waals surface area contributed by atoms with Crippen LogP contribution in [0.1, 0.15) is 25.8 Å². The molecule has 0 aliphatic carbocycles. The summed E-state index contributed by atoms with van der Waals surface area (Å²) in [6.07, 6.45) is 2.79. The van der Waals surface area contributed by atoms with Crippen molar-refractivity contribution >= 4 is 16.9 Å². The maximum absolute atomic E-state index is 10.8. The fraction of sp³-hybridized carbons (Fsp3) is 0.471. The third-order valence-electron chi connectivity index (χ3n) is 3.41. The number of aliphatic carboxylic acids is 1. The molecule has 1 aromatic carbocycles. The number of carboxylic acid groups (broad SMARTS) is 1. The summed E-state index contributed by atoms with van der Waals surface area (Å²) < 4.78 is 7.80. The summed E-state index contributed by atoms with van der Waals surface area (Å²) >= 11 is 0. The fourth-order valence-corrected chi connectivity index (χ4v) is 2.43. The Morgan fingerprint density at radius 1 is 1.33 bits per heavy atom. The molecule has 0 aliphatic heterocycles. The first-order valence-corrected chi connectivity index (χ1v) is 7.44. The number of benzene rings is 1. The molecule has 21 heavy (non-hydrogen) atoms. The molecule has 0 saturated carbocycles. The van der Waals surface area contributed by atoms with Gasteiger partial charge in [-0.3, -0.25) is 4.79 Å². The maximum atomic E-state index is 10.8. The molecule has 2 aromatic rings. The number of aryl methyl sites for hydroxylation is 1. The van der Waals surface area contributed by atoms with Gasteiger partial charge in [0.1, 0.15) is 0 Å².